The number of aromatic nitrogens is 2. The van der Waals surface area contributed by atoms with Crippen LogP contribution in [0.3, 0.4) is 0 Å². The molecule has 5 rings (SSSR count). The van der Waals surface area contributed by atoms with Gasteiger partial charge in [0, 0.05) is 12.4 Å². The summed E-state index contributed by atoms with van der Waals surface area (Å²) in [7, 11) is 0. The lowest BCUT2D eigenvalue weighted by atomic mass is 9.97. The molecule has 0 saturated carbocycles. The third kappa shape index (κ3) is 2.91. The van der Waals surface area contributed by atoms with E-state index in [0.717, 1.165) is 16.3 Å². The van der Waals surface area contributed by atoms with E-state index in [9.17, 15) is 9.18 Å². The number of hydrogen-bond acceptors (Lipinski definition) is 5. The highest BCUT2D eigenvalue weighted by atomic mass is 32.2. The Morgan fingerprint density at radius 2 is 2.15 bits per heavy atom. The first-order chi connectivity index (χ1) is 13.2. The van der Waals surface area contributed by atoms with Crippen molar-refractivity contribution in [2.45, 2.75) is 16.4 Å². The zero-order valence-corrected chi connectivity index (χ0v) is 14.9. The van der Waals surface area contributed by atoms with Gasteiger partial charge < -0.3 is 15.5 Å². The molecule has 0 radical (unpaired) electrons. The van der Waals surface area contributed by atoms with Gasteiger partial charge in [-0.25, -0.2) is 14.1 Å². The Kier molecular flexibility index (Phi) is 3.78. The third-order valence-corrected chi connectivity index (χ3v) is 5.90. The number of anilines is 1. The minimum absolute atomic E-state index is 0.0232. The summed E-state index contributed by atoms with van der Waals surface area (Å²) in [5.41, 5.74) is 5.88. The van der Waals surface area contributed by atoms with Gasteiger partial charge in [-0.3, -0.25) is 4.79 Å². The molecule has 1 amide bonds. The minimum Gasteiger partial charge on any atom is -0.482 e. The predicted octanol–water partition coefficient (Wildman–Crippen LogP) is 3.48. The highest BCUT2D eigenvalue weighted by molar-refractivity contribution is 7.99. The fraction of sp³-hybridized carbons (Fsp3) is 0.158. The molecule has 1 aromatic heterocycles. The Morgan fingerprint density at radius 1 is 1.22 bits per heavy atom. The first-order valence-electron chi connectivity index (χ1n) is 8.46. The molecule has 2 aromatic carbocycles. The number of nitrogens with zero attached hydrogens (tertiary/aromatic N) is 2. The molecule has 8 heteroatoms. The number of nitrogens with one attached hydrogen (secondary N) is 2. The van der Waals surface area contributed by atoms with Gasteiger partial charge >= 0.3 is 0 Å². The average Bonchev–Trinajstić information content (AvgIpc) is 3.14. The van der Waals surface area contributed by atoms with Crippen LogP contribution < -0.4 is 15.5 Å². The molecule has 2 N–H and O–H groups in total. The van der Waals surface area contributed by atoms with Gasteiger partial charge in [-0.1, -0.05) is 30.0 Å². The zero-order valence-electron chi connectivity index (χ0n) is 14.1. The number of carbonyl (C=O) groups is 1. The van der Waals surface area contributed by atoms with Gasteiger partial charge in [0.25, 0.3) is 5.91 Å². The molecule has 0 bridgehead atoms. The lowest BCUT2D eigenvalue weighted by Gasteiger charge is -2.34. The molecule has 0 fully saturated rings. The van der Waals surface area contributed by atoms with Crippen LogP contribution in [0.2, 0.25) is 0 Å². The Morgan fingerprint density at radius 3 is 3.04 bits per heavy atom. The van der Waals surface area contributed by atoms with Crippen molar-refractivity contribution in [2.24, 2.45) is 0 Å². The van der Waals surface area contributed by atoms with Gasteiger partial charge in [0.1, 0.15) is 11.6 Å². The molecule has 136 valence electrons. The molecule has 27 heavy (non-hydrogen) atoms. The maximum Gasteiger partial charge on any atom is 0.262 e. The molecule has 0 aliphatic carbocycles. The Bertz CT molecular complexity index is 1040. The summed E-state index contributed by atoms with van der Waals surface area (Å²) in [6, 6.07) is 12.1. The summed E-state index contributed by atoms with van der Waals surface area (Å²) in [6.45, 7) is 0.0232. The second kappa shape index (κ2) is 6.31. The number of hydrogen-bond donors (Lipinski definition) is 2. The largest absolute Gasteiger partial charge is 0.482 e. The van der Waals surface area contributed by atoms with E-state index in [2.05, 4.69) is 15.7 Å². The number of carbonyl (C=O) groups excluding carboxylic acids is 1. The molecule has 2 atom stereocenters. The van der Waals surface area contributed by atoms with Crippen molar-refractivity contribution in [3.63, 3.8) is 0 Å². The van der Waals surface area contributed by atoms with Gasteiger partial charge in [-0.05, 0) is 35.4 Å². The average molecular weight is 382 g/mol. The summed E-state index contributed by atoms with van der Waals surface area (Å²) < 4.78 is 21.1. The molecule has 6 nitrogen and oxygen atoms in total. The standard InChI is InChI=1S/C19H15FN4O2S/c20-13-3-1-2-11(8-13)17-18(27-19-21-6-7-24(19)23-17)12-4-5-15-14(9-12)22-16(25)10-26-15/h1-9,17-18,23H,10H2,(H,22,25). The second-order valence-electron chi connectivity index (χ2n) is 6.37. The molecular weight excluding hydrogens is 367 g/mol. The molecule has 3 heterocycles. The summed E-state index contributed by atoms with van der Waals surface area (Å²) in [5, 5.41) is 3.60. The Balaban J connectivity index is 1.58. The van der Waals surface area contributed by atoms with Crippen molar-refractivity contribution in [3.05, 3.63) is 71.8 Å². The molecule has 2 aliphatic rings. The summed E-state index contributed by atoms with van der Waals surface area (Å²) in [5.74, 6) is 0.197. The van der Waals surface area contributed by atoms with E-state index in [1.807, 2.05) is 35.1 Å². The van der Waals surface area contributed by atoms with Crippen LogP contribution in [-0.4, -0.2) is 22.2 Å². The molecule has 0 saturated heterocycles. The predicted molar refractivity (Wildman–Crippen MR) is 99.9 cm³/mol. The Hall–Kier alpha value is -3.00. The quantitative estimate of drug-likeness (QED) is 0.710. The van der Waals surface area contributed by atoms with Crippen LogP contribution in [0.4, 0.5) is 10.1 Å². The molecule has 0 spiro atoms. The van der Waals surface area contributed by atoms with E-state index in [4.69, 9.17) is 4.74 Å². The van der Waals surface area contributed by atoms with Gasteiger partial charge in [0.2, 0.25) is 0 Å². The van der Waals surface area contributed by atoms with Crippen LogP contribution in [0.5, 0.6) is 5.75 Å². The summed E-state index contributed by atoms with van der Waals surface area (Å²) in [4.78, 5) is 16.0. The van der Waals surface area contributed by atoms with Crippen LogP contribution in [0, 0.1) is 5.82 Å². The SMILES string of the molecule is O=C1COc2ccc(C3Sc4nccn4NC3c3cccc(F)c3)cc2N1. The van der Waals surface area contributed by atoms with Crippen molar-refractivity contribution >= 4 is 23.4 Å². The van der Waals surface area contributed by atoms with E-state index in [1.54, 1.807) is 24.0 Å². The minimum atomic E-state index is -0.277. The number of thioether (sulfide) groups is 1. The van der Waals surface area contributed by atoms with E-state index in [-0.39, 0.29) is 29.6 Å². The van der Waals surface area contributed by atoms with E-state index >= 15 is 0 Å². The lowest BCUT2D eigenvalue weighted by molar-refractivity contribution is -0.118. The number of benzene rings is 2. The van der Waals surface area contributed by atoms with Crippen molar-refractivity contribution in [1.29, 1.82) is 0 Å². The van der Waals surface area contributed by atoms with Gasteiger partial charge in [-0.2, -0.15) is 0 Å². The summed E-state index contributed by atoms with van der Waals surface area (Å²) >= 11 is 1.59. The lowest BCUT2D eigenvalue weighted by Crippen LogP contribution is -2.30. The van der Waals surface area contributed by atoms with Crippen molar-refractivity contribution in [2.75, 3.05) is 17.3 Å². The summed E-state index contributed by atoms with van der Waals surface area (Å²) in [6.07, 6.45) is 3.56. The zero-order chi connectivity index (χ0) is 18.4. The fourth-order valence-corrected chi connectivity index (χ4v) is 4.57. The molecule has 2 aliphatic heterocycles. The van der Waals surface area contributed by atoms with E-state index < -0.39 is 0 Å². The maximum atomic E-state index is 13.8. The van der Waals surface area contributed by atoms with Crippen molar-refractivity contribution in [3.8, 4) is 5.75 Å². The van der Waals surface area contributed by atoms with Crippen molar-refractivity contribution in [1.82, 2.24) is 9.66 Å². The normalized spacial score (nSPS) is 20.7. The highest BCUT2D eigenvalue weighted by Gasteiger charge is 2.33. The Labute approximate surface area is 158 Å². The van der Waals surface area contributed by atoms with E-state index in [1.165, 1.54) is 12.1 Å². The van der Waals surface area contributed by atoms with Crippen molar-refractivity contribution < 1.29 is 13.9 Å². The van der Waals surface area contributed by atoms with Crippen LogP contribution in [0.25, 0.3) is 0 Å². The van der Waals surface area contributed by atoms with Gasteiger partial charge in [0.15, 0.2) is 11.8 Å². The monoisotopic (exact) mass is 382 g/mol. The second-order valence-corrected chi connectivity index (χ2v) is 7.48. The van der Waals surface area contributed by atoms with Gasteiger partial charge in [-0.15, -0.1) is 0 Å². The first-order valence-corrected chi connectivity index (χ1v) is 9.34. The maximum absolute atomic E-state index is 13.8. The van der Waals surface area contributed by atoms with Crippen LogP contribution in [-0.2, 0) is 4.79 Å². The number of amides is 1. The third-order valence-electron chi connectivity index (χ3n) is 4.59. The first kappa shape index (κ1) is 16.2. The smallest absolute Gasteiger partial charge is 0.262 e. The molecular formula is C19H15FN4O2S. The molecule has 3 aromatic rings. The van der Waals surface area contributed by atoms with Gasteiger partial charge in [0.05, 0.1) is 17.0 Å². The topological polar surface area (TPSA) is 68.2 Å². The number of halogens is 1. The number of fused-ring (bicyclic) bond motifs is 2. The van der Waals surface area contributed by atoms with E-state index in [0.29, 0.717) is 11.4 Å². The number of rotatable bonds is 2. The fourth-order valence-electron chi connectivity index (χ4n) is 3.36. The highest BCUT2D eigenvalue weighted by Crippen LogP contribution is 2.48. The number of ether oxygens (including phenoxy) is 1. The van der Waals surface area contributed by atoms with Crippen LogP contribution in [0.1, 0.15) is 22.4 Å². The number of imidazole rings is 1. The van der Waals surface area contributed by atoms with Crippen LogP contribution in [0.15, 0.2) is 60.0 Å². The van der Waals surface area contributed by atoms with Crippen LogP contribution >= 0.6 is 11.8 Å². The molecule has 2 unspecified atom stereocenters.